The average Bonchev–Trinajstić information content (AvgIpc) is 2.41. The van der Waals surface area contributed by atoms with Gasteiger partial charge in [0.15, 0.2) is 0 Å². The van der Waals surface area contributed by atoms with Crippen molar-refractivity contribution >= 4 is 11.6 Å². The van der Waals surface area contributed by atoms with Crippen LogP contribution >= 0.6 is 11.6 Å². The first-order valence-corrected chi connectivity index (χ1v) is 6.83. The number of benzene rings is 1. The van der Waals surface area contributed by atoms with Gasteiger partial charge in [-0.05, 0) is 32.0 Å². The van der Waals surface area contributed by atoms with Gasteiger partial charge in [0.05, 0.1) is 13.2 Å². The molecule has 1 fully saturated rings. The number of hydrogen-bond acceptors (Lipinski definition) is 2. The van der Waals surface area contributed by atoms with E-state index in [1.165, 1.54) is 24.8 Å². The Balaban J connectivity index is 2.21. The van der Waals surface area contributed by atoms with E-state index in [4.69, 9.17) is 16.3 Å². The van der Waals surface area contributed by atoms with Crippen LogP contribution in [-0.2, 0) is 0 Å². The van der Waals surface area contributed by atoms with Gasteiger partial charge in [0.1, 0.15) is 5.75 Å². The highest BCUT2D eigenvalue weighted by Crippen LogP contribution is 2.31. The zero-order chi connectivity index (χ0) is 12.1. The van der Waals surface area contributed by atoms with Crippen LogP contribution in [0, 0.1) is 0 Å². The molecule has 2 nitrogen and oxygen atoms in total. The number of rotatable bonds is 4. The van der Waals surface area contributed by atoms with Gasteiger partial charge in [0, 0.05) is 11.4 Å². The van der Waals surface area contributed by atoms with Gasteiger partial charge in [-0.2, -0.15) is 0 Å². The van der Waals surface area contributed by atoms with Crippen LogP contribution in [-0.4, -0.2) is 31.0 Å². The third-order valence-corrected chi connectivity index (χ3v) is 3.77. The summed E-state index contributed by atoms with van der Waals surface area (Å²) < 4.78 is 5.43. The van der Waals surface area contributed by atoms with E-state index in [1.807, 2.05) is 12.1 Å². The highest BCUT2D eigenvalue weighted by Gasteiger charge is 2.23. The molecule has 94 valence electrons. The van der Waals surface area contributed by atoms with Gasteiger partial charge in [-0.1, -0.05) is 24.6 Å². The van der Waals surface area contributed by atoms with Crippen molar-refractivity contribution in [2.45, 2.75) is 25.3 Å². The Kier molecular flexibility index (Phi) is 4.69. The first-order chi connectivity index (χ1) is 8.36. The maximum absolute atomic E-state index is 6.17. The van der Waals surface area contributed by atoms with E-state index < -0.39 is 0 Å². The predicted molar refractivity (Wildman–Crippen MR) is 71.9 cm³/mol. The SMILES string of the molecule is COc1ccccc1C(CCl)N1CCCCC1. The Hall–Kier alpha value is -0.730. The molecule has 1 saturated heterocycles. The molecule has 0 aromatic heterocycles. The number of hydrogen-bond donors (Lipinski definition) is 0. The van der Waals surface area contributed by atoms with Crippen LogP contribution in [0.2, 0.25) is 0 Å². The molecule has 1 unspecified atom stereocenters. The molecule has 1 aliphatic rings. The van der Waals surface area contributed by atoms with Gasteiger partial charge < -0.3 is 4.74 Å². The van der Waals surface area contributed by atoms with Crippen molar-refractivity contribution in [3.8, 4) is 5.75 Å². The minimum Gasteiger partial charge on any atom is -0.496 e. The fraction of sp³-hybridized carbons (Fsp3) is 0.571. The Bertz CT molecular complexity index is 350. The van der Waals surface area contributed by atoms with Crippen LogP contribution in [0.1, 0.15) is 30.9 Å². The minimum absolute atomic E-state index is 0.285. The fourth-order valence-electron chi connectivity index (χ4n) is 2.55. The van der Waals surface area contributed by atoms with E-state index >= 15 is 0 Å². The molecule has 17 heavy (non-hydrogen) atoms. The monoisotopic (exact) mass is 253 g/mol. The van der Waals surface area contributed by atoms with E-state index in [2.05, 4.69) is 17.0 Å². The first kappa shape index (κ1) is 12.7. The van der Waals surface area contributed by atoms with Crippen molar-refractivity contribution in [2.75, 3.05) is 26.1 Å². The molecule has 0 aliphatic carbocycles. The zero-order valence-corrected chi connectivity index (χ0v) is 11.1. The van der Waals surface area contributed by atoms with E-state index in [1.54, 1.807) is 7.11 Å². The molecule has 0 amide bonds. The summed E-state index contributed by atoms with van der Waals surface area (Å²) in [7, 11) is 1.72. The van der Waals surface area contributed by atoms with Crippen LogP contribution < -0.4 is 4.74 Å². The normalized spacial score (nSPS) is 18.9. The number of nitrogens with zero attached hydrogens (tertiary/aromatic N) is 1. The van der Waals surface area contributed by atoms with Gasteiger partial charge >= 0.3 is 0 Å². The lowest BCUT2D eigenvalue weighted by atomic mass is 10.0. The Morgan fingerprint density at radius 1 is 1.24 bits per heavy atom. The third kappa shape index (κ3) is 2.93. The number of ether oxygens (including phenoxy) is 1. The molecule has 0 saturated carbocycles. The second-order valence-corrected chi connectivity index (χ2v) is 4.82. The largest absolute Gasteiger partial charge is 0.496 e. The van der Waals surface area contributed by atoms with Gasteiger partial charge in [0.25, 0.3) is 0 Å². The van der Waals surface area contributed by atoms with E-state index in [-0.39, 0.29) is 6.04 Å². The number of piperidine rings is 1. The summed E-state index contributed by atoms with van der Waals surface area (Å²) >= 11 is 6.17. The second-order valence-electron chi connectivity index (χ2n) is 4.51. The highest BCUT2D eigenvalue weighted by molar-refractivity contribution is 6.18. The zero-order valence-electron chi connectivity index (χ0n) is 10.4. The van der Waals surface area contributed by atoms with Crippen LogP contribution in [0.25, 0.3) is 0 Å². The quantitative estimate of drug-likeness (QED) is 0.762. The van der Waals surface area contributed by atoms with Crippen LogP contribution in [0.15, 0.2) is 24.3 Å². The van der Waals surface area contributed by atoms with Crippen LogP contribution in [0.3, 0.4) is 0 Å². The fourth-order valence-corrected chi connectivity index (χ4v) is 2.91. The Labute approximate surface area is 109 Å². The molecule has 2 rings (SSSR count). The van der Waals surface area contributed by atoms with Gasteiger partial charge in [-0.3, -0.25) is 4.90 Å². The number of halogens is 1. The van der Waals surface area contributed by atoms with E-state index in [9.17, 15) is 0 Å². The second kappa shape index (κ2) is 6.27. The van der Waals surface area contributed by atoms with Crippen molar-refractivity contribution in [1.29, 1.82) is 0 Å². The molecule has 3 heteroatoms. The lowest BCUT2D eigenvalue weighted by Gasteiger charge is -2.34. The molecule has 0 radical (unpaired) electrons. The number of para-hydroxylation sites is 1. The van der Waals surface area contributed by atoms with E-state index in [0.717, 1.165) is 18.8 Å². The van der Waals surface area contributed by atoms with Crippen molar-refractivity contribution in [1.82, 2.24) is 4.90 Å². The summed E-state index contributed by atoms with van der Waals surface area (Å²) in [5.41, 5.74) is 1.21. The van der Waals surface area contributed by atoms with Crippen LogP contribution in [0.4, 0.5) is 0 Å². The van der Waals surface area contributed by atoms with E-state index in [0.29, 0.717) is 5.88 Å². The molecule has 1 atom stereocenters. The Morgan fingerprint density at radius 2 is 1.94 bits per heavy atom. The lowest BCUT2D eigenvalue weighted by molar-refractivity contribution is 0.174. The van der Waals surface area contributed by atoms with Crippen LogP contribution in [0.5, 0.6) is 5.75 Å². The summed E-state index contributed by atoms with van der Waals surface area (Å²) in [5.74, 6) is 1.57. The number of alkyl halides is 1. The number of likely N-dealkylation sites (tertiary alicyclic amines) is 1. The summed E-state index contributed by atoms with van der Waals surface area (Å²) in [6.07, 6.45) is 3.91. The molecule has 1 heterocycles. The topological polar surface area (TPSA) is 12.5 Å². The first-order valence-electron chi connectivity index (χ1n) is 6.29. The lowest BCUT2D eigenvalue weighted by Crippen LogP contribution is -2.34. The molecular formula is C14H20ClNO. The van der Waals surface area contributed by atoms with Crippen molar-refractivity contribution in [2.24, 2.45) is 0 Å². The Morgan fingerprint density at radius 3 is 2.59 bits per heavy atom. The molecule has 0 bridgehead atoms. The molecule has 1 aliphatic heterocycles. The molecular weight excluding hydrogens is 234 g/mol. The summed E-state index contributed by atoms with van der Waals surface area (Å²) in [5, 5.41) is 0. The third-order valence-electron chi connectivity index (χ3n) is 3.48. The maximum atomic E-state index is 6.17. The molecule has 0 spiro atoms. The van der Waals surface area contributed by atoms with Gasteiger partial charge in [0.2, 0.25) is 0 Å². The minimum atomic E-state index is 0.285. The highest BCUT2D eigenvalue weighted by atomic mass is 35.5. The summed E-state index contributed by atoms with van der Waals surface area (Å²) in [6.45, 7) is 2.30. The smallest absolute Gasteiger partial charge is 0.123 e. The van der Waals surface area contributed by atoms with Crippen molar-refractivity contribution in [3.05, 3.63) is 29.8 Å². The molecule has 1 aromatic rings. The van der Waals surface area contributed by atoms with Gasteiger partial charge in [-0.15, -0.1) is 11.6 Å². The van der Waals surface area contributed by atoms with Gasteiger partial charge in [-0.25, -0.2) is 0 Å². The summed E-state index contributed by atoms with van der Waals surface area (Å²) in [6, 6.07) is 8.48. The van der Waals surface area contributed by atoms with Crippen molar-refractivity contribution < 1.29 is 4.74 Å². The van der Waals surface area contributed by atoms with Crippen molar-refractivity contribution in [3.63, 3.8) is 0 Å². The standard InChI is InChI=1S/C14H20ClNO/c1-17-14-8-4-3-7-12(14)13(11-15)16-9-5-2-6-10-16/h3-4,7-8,13H,2,5-6,9-11H2,1H3. The average molecular weight is 254 g/mol. The number of methoxy groups -OCH3 is 1. The molecule has 1 aromatic carbocycles. The summed E-state index contributed by atoms with van der Waals surface area (Å²) in [4.78, 5) is 2.48. The predicted octanol–water partition coefficient (Wildman–Crippen LogP) is 3.46. The maximum Gasteiger partial charge on any atom is 0.123 e. The molecule has 0 N–H and O–H groups in total.